The number of alkyl halides is 3. The second-order valence-electron chi connectivity index (χ2n) is 3.61. The fourth-order valence-electron chi connectivity index (χ4n) is 1.12. The Hall–Kier alpha value is 0.0600. The van der Waals surface area contributed by atoms with E-state index < -0.39 is 23.0 Å². The first-order chi connectivity index (χ1) is 6.79. The Morgan fingerprint density at radius 3 is 2.20 bits per heavy atom. The van der Waals surface area contributed by atoms with Crippen LogP contribution in [0.1, 0.15) is 13.8 Å². The van der Waals surface area contributed by atoms with Crippen molar-refractivity contribution >= 4 is 21.6 Å². The molecule has 0 bridgehead atoms. The van der Waals surface area contributed by atoms with E-state index in [1.54, 1.807) is 13.8 Å². The van der Waals surface area contributed by atoms with Gasteiger partial charge < -0.3 is 0 Å². The Kier molecular flexibility index (Phi) is 6.63. The molecule has 0 aromatic heterocycles. The number of hydrogen-bond acceptors (Lipinski definition) is 2. The Bertz CT molecular complexity index is 270. The van der Waals surface area contributed by atoms with Crippen molar-refractivity contribution in [1.29, 1.82) is 0 Å². The summed E-state index contributed by atoms with van der Waals surface area (Å²) in [7, 11) is -3.61. The van der Waals surface area contributed by atoms with Crippen molar-refractivity contribution in [2.45, 2.75) is 20.3 Å². The fourth-order valence-corrected chi connectivity index (χ4v) is 3.19. The molecule has 0 aliphatic carbocycles. The van der Waals surface area contributed by atoms with Gasteiger partial charge in [-0.15, -0.1) is 11.6 Å². The van der Waals surface area contributed by atoms with Gasteiger partial charge in [0.15, 0.2) is 0 Å². The molecule has 0 spiro atoms. The number of sulfonamides is 1. The van der Waals surface area contributed by atoms with Gasteiger partial charge in [-0.3, -0.25) is 0 Å². The number of hydrogen-bond donors (Lipinski definition) is 0. The summed E-state index contributed by atoms with van der Waals surface area (Å²) in [4.78, 5) is 0. The molecule has 0 aliphatic heterocycles. The molecule has 15 heavy (non-hydrogen) atoms. The molecule has 0 aromatic carbocycles. The van der Waals surface area contributed by atoms with Gasteiger partial charge in [0.2, 0.25) is 10.0 Å². The maximum Gasteiger partial charge on any atom is 0.252 e. The molecule has 0 saturated carbocycles. The maximum absolute atomic E-state index is 12.1. The van der Waals surface area contributed by atoms with Gasteiger partial charge in [-0.25, -0.2) is 17.2 Å². The molecule has 0 radical (unpaired) electrons. The third-order valence-electron chi connectivity index (χ3n) is 1.61. The number of nitrogens with zero attached hydrogens (tertiary/aromatic N) is 1. The average Bonchev–Trinajstić information content (AvgIpc) is 2.00. The molecular formula is C8H16ClF2NO2S. The van der Waals surface area contributed by atoms with E-state index in [4.69, 9.17) is 11.6 Å². The molecule has 3 nitrogen and oxygen atoms in total. The van der Waals surface area contributed by atoms with Crippen LogP contribution < -0.4 is 0 Å². The van der Waals surface area contributed by atoms with Crippen LogP contribution in [0.4, 0.5) is 8.78 Å². The minimum Gasteiger partial charge on any atom is -0.212 e. The van der Waals surface area contributed by atoms with Crippen LogP contribution in [-0.4, -0.2) is 43.9 Å². The van der Waals surface area contributed by atoms with E-state index in [0.29, 0.717) is 0 Å². The van der Waals surface area contributed by atoms with Crippen molar-refractivity contribution in [2.24, 2.45) is 5.92 Å². The predicted octanol–water partition coefficient (Wildman–Crippen LogP) is 1.78. The molecule has 0 rings (SSSR count). The average molecular weight is 264 g/mol. The monoisotopic (exact) mass is 263 g/mol. The van der Waals surface area contributed by atoms with Crippen molar-refractivity contribution < 1.29 is 17.2 Å². The van der Waals surface area contributed by atoms with Gasteiger partial charge in [0, 0.05) is 12.4 Å². The van der Waals surface area contributed by atoms with Crippen molar-refractivity contribution in [2.75, 3.05) is 24.7 Å². The zero-order valence-corrected chi connectivity index (χ0v) is 10.4. The van der Waals surface area contributed by atoms with Crippen LogP contribution in [-0.2, 0) is 10.0 Å². The molecule has 0 N–H and O–H groups in total. The predicted molar refractivity (Wildman–Crippen MR) is 56.9 cm³/mol. The Morgan fingerprint density at radius 1 is 1.33 bits per heavy atom. The summed E-state index contributed by atoms with van der Waals surface area (Å²) < 4.78 is 48.2. The first-order valence-electron chi connectivity index (χ1n) is 4.61. The standard InChI is InChI=1S/C8H16ClF2NO2S/c1-7(2)6-15(13,14)12(4-3-9)5-8(10)11/h7-8H,3-6H2,1-2H3. The molecule has 0 heterocycles. The summed E-state index contributed by atoms with van der Waals surface area (Å²) in [6, 6.07) is 0. The van der Waals surface area contributed by atoms with Crippen LogP contribution in [0.5, 0.6) is 0 Å². The molecule has 0 saturated heterocycles. The summed E-state index contributed by atoms with van der Waals surface area (Å²) >= 11 is 5.37. The Morgan fingerprint density at radius 2 is 1.87 bits per heavy atom. The summed E-state index contributed by atoms with van der Waals surface area (Å²) in [6.45, 7) is 2.60. The summed E-state index contributed by atoms with van der Waals surface area (Å²) in [5, 5.41) is 0. The molecule has 92 valence electrons. The molecule has 0 amide bonds. The van der Waals surface area contributed by atoms with Crippen LogP contribution in [0.3, 0.4) is 0 Å². The smallest absolute Gasteiger partial charge is 0.212 e. The Labute approximate surface area is 94.4 Å². The summed E-state index contributed by atoms with van der Waals surface area (Å²) in [6.07, 6.45) is -2.67. The normalized spacial score (nSPS) is 13.1. The van der Waals surface area contributed by atoms with Gasteiger partial charge >= 0.3 is 0 Å². The third kappa shape index (κ3) is 6.27. The lowest BCUT2D eigenvalue weighted by atomic mass is 10.3. The summed E-state index contributed by atoms with van der Waals surface area (Å²) in [5.74, 6) is -0.203. The molecule has 0 fully saturated rings. The zero-order chi connectivity index (χ0) is 12.1. The van der Waals surface area contributed by atoms with Gasteiger partial charge in [-0.1, -0.05) is 13.8 Å². The summed E-state index contributed by atoms with van der Waals surface area (Å²) in [5.41, 5.74) is 0. The van der Waals surface area contributed by atoms with Gasteiger partial charge in [0.25, 0.3) is 6.43 Å². The highest BCUT2D eigenvalue weighted by molar-refractivity contribution is 7.89. The van der Waals surface area contributed by atoms with Crippen LogP contribution in [0.15, 0.2) is 0 Å². The highest BCUT2D eigenvalue weighted by Crippen LogP contribution is 2.10. The van der Waals surface area contributed by atoms with Crippen molar-refractivity contribution in [3.05, 3.63) is 0 Å². The van der Waals surface area contributed by atoms with Gasteiger partial charge in [0.05, 0.1) is 12.3 Å². The lowest BCUT2D eigenvalue weighted by molar-refractivity contribution is 0.121. The highest BCUT2D eigenvalue weighted by atomic mass is 35.5. The molecule has 0 atom stereocenters. The van der Waals surface area contributed by atoms with E-state index >= 15 is 0 Å². The van der Waals surface area contributed by atoms with Gasteiger partial charge in [-0.2, -0.15) is 4.31 Å². The number of halogens is 3. The van der Waals surface area contributed by atoms with E-state index in [1.807, 2.05) is 0 Å². The van der Waals surface area contributed by atoms with E-state index in [9.17, 15) is 17.2 Å². The van der Waals surface area contributed by atoms with Crippen molar-refractivity contribution in [3.63, 3.8) is 0 Å². The van der Waals surface area contributed by atoms with Crippen molar-refractivity contribution in [3.8, 4) is 0 Å². The van der Waals surface area contributed by atoms with Gasteiger partial charge in [0.1, 0.15) is 0 Å². The largest absolute Gasteiger partial charge is 0.252 e. The van der Waals surface area contributed by atoms with Gasteiger partial charge in [-0.05, 0) is 5.92 Å². The number of rotatable bonds is 7. The molecule has 7 heteroatoms. The molecule has 0 aromatic rings. The van der Waals surface area contributed by atoms with E-state index in [-0.39, 0.29) is 24.1 Å². The van der Waals surface area contributed by atoms with E-state index in [0.717, 1.165) is 4.31 Å². The van der Waals surface area contributed by atoms with E-state index in [2.05, 4.69) is 0 Å². The SMILES string of the molecule is CC(C)CS(=O)(=O)N(CCCl)CC(F)F. The first kappa shape index (κ1) is 15.1. The minimum atomic E-state index is -3.61. The van der Waals surface area contributed by atoms with Crippen LogP contribution in [0.25, 0.3) is 0 Å². The fraction of sp³-hybridized carbons (Fsp3) is 1.00. The van der Waals surface area contributed by atoms with Crippen LogP contribution >= 0.6 is 11.6 Å². The van der Waals surface area contributed by atoms with Crippen molar-refractivity contribution in [1.82, 2.24) is 4.31 Å². The lowest BCUT2D eigenvalue weighted by Gasteiger charge is -2.21. The maximum atomic E-state index is 12.1. The van der Waals surface area contributed by atoms with E-state index in [1.165, 1.54) is 0 Å². The first-order valence-corrected chi connectivity index (χ1v) is 6.76. The highest BCUT2D eigenvalue weighted by Gasteiger charge is 2.25. The van der Waals surface area contributed by atoms with Crippen LogP contribution in [0, 0.1) is 5.92 Å². The minimum absolute atomic E-state index is 0.0179. The molecule has 0 unspecified atom stereocenters. The van der Waals surface area contributed by atoms with Crippen LogP contribution in [0.2, 0.25) is 0 Å². The quantitative estimate of drug-likeness (QED) is 0.657. The molecule has 0 aliphatic rings. The lowest BCUT2D eigenvalue weighted by Crippen LogP contribution is -2.39. The second-order valence-corrected chi connectivity index (χ2v) is 6.00. The zero-order valence-electron chi connectivity index (χ0n) is 8.79. The second kappa shape index (κ2) is 6.60. The Balaban J connectivity index is 4.58. The molecular weight excluding hydrogens is 248 g/mol. The topological polar surface area (TPSA) is 37.4 Å². The third-order valence-corrected chi connectivity index (χ3v) is 3.99.